The first kappa shape index (κ1) is 17.4. The van der Waals surface area contributed by atoms with Gasteiger partial charge in [-0.2, -0.15) is 10.1 Å². The Hall–Kier alpha value is -3.00. The van der Waals surface area contributed by atoms with Crippen molar-refractivity contribution in [3.63, 3.8) is 0 Å². The number of nitrogens with one attached hydrogen (secondary N) is 3. The van der Waals surface area contributed by atoms with Gasteiger partial charge in [-0.1, -0.05) is 12.1 Å². The molecule has 0 saturated carbocycles. The van der Waals surface area contributed by atoms with Crippen molar-refractivity contribution in [1.82, 2.24) is 25.1 Å². The van der Waals surface area contributed by atoms with Gasteiger partial charge < -0.3 is 16.0 Å². The van der Waals surface area contributed by atoms with Gasteiger partial charge in [0.1, 0.15) is 11.6 Å². The molecule has 0 radical (unpaired) electrons. The van der Waals surface area contributed by atoms with Crippen molar-refractivity contribution in [2.45, 2.75) is 19.0 Å². The van der Waals surface area contributed by atoms with Crippen LogP contribution in [0.3, 0.4) is 0 Å². The van der Waals surface area contributed by atoms with E-state index in [1.807, 2.05) is 25.4 Å². The van der Waals surface area contributed by atoms with Crippen LogP contribution < -0.4 is 16.0 Å². The predicted octanol–water partition coefficient (Wildman–Crippen LogP) is 2.40. The molecule has 3 aromatic rings. The van der Waals surface area contributed by atoms with E-state index < -0.39 is 0 Å². The molecule has 1 fully saturated rings. The number of hydrogen-bond donors (Lipinski definition) is 3. The van der Waals surface area contributed by atoms with Gasteiger partial charge in [0, 0.05) is 49.7 Å². The minimum Gasteiger partial charge on any atom is -0.366 e. The van der Waals surface area contributed by atoms with Crippen molar-refractivity contribution in [2.24, 2.45) is 7.05 Å². The summed E-state index contributed by atoms with van der Waals surface area (Å²) in [6.45, 7) is 2.47. The van der Waals surface area contributed by atoms with Gasteiger partial charge in [-0.3, -0.25) is 4.68 Å². The van der Waals surface area contributed by atoms with Crippen LogP contribution in [0.4, 0.5) is 16.2 Å². The second-order valence-corrected chi connectivity index (χ2v) is 6.64. The first-order chi connectivity index (χ1) is 13.2. The normalized spacial score (nSPS) is 16.4. The van der Waals surface area contributed by atoms with Crippen LogP contribution in [-0.4, -0.2) is 38.9 Å². The molecule has 7 nitrogen and oxygen atoms in total. The van der Waals surface area contributed by atoms with Gasteiger partial charge in [-0.25, -0.2) is 9.37 Å². The van der Waals surface area contributed by atoms with Gasteiger partial charge in [0.25, 0.3) is 0 Å². The Kier molecular flexibility index (Phi) is 4.97. The lowest BCUT2D eigenvalue weighted by molar-refractivity contribution is 0.628. The molecular weight excluding hydrogens is 345 g/mol. The molecule has 0 aliphatic carbocycles. The summed E-state index contributed by atoms with van der Waals surface area (Å²) in [7, 11) is 1.86. The highest BCUT2D eigenvalue weighted by Gasteiger charge is 2.15. The lowest BCUT2D eigenvalue weighted by Crippen LogP contribution is -2.23. The van der Waals surface area contributed by atoms with E-state index in [1.165, 1.54) is 12.1 Å². The van der Waals surface area contributed by atoms with E-state index in [1.54, 1.807) is 16.9 Å². The largest absolute Gasteiger partial charge is 0.366 e. The van der Waals surface area contributed by atoms with Crippen LogP contribution >= 0.6 is 0 Å². The number of benzene rings is 1. The molecule has 2 aromatic heterocycles. The quantitative estimate of drug-likeness (QED) is 0.621. The van der Waals surface area contributed by atoms with Crippen molar-refractivity contribution in [3.05, 3.63) is 54.1 Å². The predicted molar refractivity (Wildman–Crippen MR) is 103 cm³/mol. The van der Waals surface area contributed by atoms with Gasteiger partial charge in [0.15, 0.2) is 0 Å². The molecule has 4 rings (SSSR count). The smallest absolute Gasteiger partial charge is 0.224 e. The zero-order valence-electron chi connectivity index (χ0n) is 15.1. The van der Waals surface area contributed by atoms with Crippen LogP contribution in [-0.2, 0) is 13.6 Å². The number of nitrogens with zero attached hydrogens (tertiary/aromatic N) is 4. The Morgan fingerprint density at radius 2 is 2.26 bits per heavy atom. The summed E-state index contributed by atoms with van der Waals surface area (Å²) in [5.41, 5.74) is 2.48. The first-order valence-electron chi connectivity index (χ1n) is 9.00. The van der Waals surface area contributed by atoms with Crippen molar-refractivity contribution in [3.8, 4) is 11.3 Å². The van der Waals surface area contributed by atoms with E-state index in [0.717, 1.165) is 42.1 Å². The Labute approximate surface area is 157 Å². The number of aryl methyl sites for hydroxylation is 1. The molecule has 1 saturated heterocycles. The molecule has 0 spiro atoms. The van der Waals surface area contributed by atoms with Crippen molar-refractivity contribution < 1.29 is 4.39 Å². The maximum Gasteiger partial charge on any atom is 0.224 e. The average Bonchev–Trinajstić information content (AvgIpc) is 3.30. The van der Waals surface area contributed by atoms with E-state index in [-0.39, 0.29) is 5.82 Å². The van der Waals surface area contributed by atoms with Crippen molar-refractivity contribution in [1.29, 1.82) is 0 Å². The third-order valence-electron chi connectivity index (χ3n) is 4.51. The van der Waals surface area contributed by atoms with Crippen LogP contribution in [0.15, 0.2) is 42.7 Å². The highest BCUT2D eigenvalue weighted by Crippen LogP contribution is 2.23. The molecule has 8 heteroatoms. The minimum absolute atomic E-state index is 0.273. The molecular formula is C19H22FN7. The number of hydrogen-bond acceptors (Lipinski definition) is 6. The van der Waals surface area contributed by atoms with Gasteiger partial charge in [0.2, 0.25) is 5.95 Å². The van der Waals surface area contributed by atoms with E-state index in [0.29, 0.717) is 18.5 Å². The van der Waals surface area contributed by atoms with Gasteiger partial charge >= 0.3 is 0 Å². The topological polar surface area (TPSA) is 79.7 Å². The number of aromatic nitrogens is 4. The zero-order chi connectivity index (χ0) is 18.6. The molecule has 0 bridgehead atoms. The van der Waals surface area contributed by atoms with Crippen LogP contribution in [0.1, 0.15) is 12.0 Å². The Morgan fingerprint density at radius 1 is 1.33 bits per heavy atom. The third-order valence-corrected chi connectivity index (χ3v) is 4.51. The Morgan fingerprint density at radius 3 is 3.07 bits per heavy atom. The monoisotopic (exact) mass is 367 g/mol. The fourth-order valence-corrected chi connectivity index (χ4v) is 3.22. The van der Waals surface area contributed by atoms with Gasteiger partial charge in [-0.15, -0.1) is 0 Å². The molecule has 3 N–H and O–H groups in total. The molecule has 1 aliphatic rings. The summed E-state index contributed by atoms with van der Waals surface area (Å²) < 4.78 is 15.3. The summed E-state index contributed by atoms with van der Waals surface area (Å²) in [6, 6.07) is 8.66. The van der Waals surface area contributed by atoms with Gasteiger partial charge in [0.05, 0.1) is 5.69 Å². The molecule has 1 aliphatic heterocycles. The van der Waals surface area contributed by atoms with Crippen molar-refractivity contribution >= 4 is 11.8 Å². The summed E-state index contributed by atoms with van der Waals surface area (Å²) in [5.74, 6) is 1.07. The summed E-state index contributed by atoms with van der Waals surface area (Å²) in [6.07, 6.45) is 4.72. The molecule has 0 amide bonds. The third kappa shape index (κ3) is 4.22. The summed E-state index contributed by atoms with van der Waals surface area (Å²) in [4.78, 5) is 8.82. The van der Waals surface area contributed by atoms with E-state index >= 15 is 0 Å². The summed E-state index contributed by atoms with van der Waals surface area (Å²) >= 11 is 0. The Balaban J connectivity index is 1.47. The first-order valence-corrected chi connectivity index (χ1v) is 9.00. The zero-order valence-corrected chi connectivity index (χ0v) is 15.1. The summed E-state index contributed by atoms with van der Waals surface area (Å²) in [5, 5.41) is 14.4. The van der Waals surface area contributed by atoms with Crippen LogP contribution in [0.2, 0.25) is 0 Å². The SMILES string of the molecule is Cn1cc(CNc2ccnc(NC3CCNC3)n2)c(-c2cccc(F)c2)n1. The molecule has 1 aromatic carbocycles. The second kappa shape index (κ2) is 7.71. The molecule has 3 heterocycles. The Bertz CT molecular complexity index is 918. The maximum absolute atomic E-state index is 13.6. The van der Waals surface area contributed by atoms with Crippen LogP contribution in [0, 0.1) is 5.82 Å². The van der Waals surface area contributed by atoms with E-state index in [2.05, 4.69) is 31.0 Å². The molecule has 1 unspecified atom stereocenters. The fourth-order valence-electron chi connectivity index (χ4n) is 3.22. The highest BCUT2D eigenvalue weighted by molar-refractivity contribution is 5.63. The molecule has 140 valence electrons. The van der Waals surface area contributed by atoms with Gasteiger partial charge in [-0.05, 0) is 31.2 Å². The number of rotatable bonds is 6. The number of halogens is 1. The molecule has 27 heavy (non-hydrogen) atoms. The minimum atomic E-state index is -0.273. The molecule has 1 atom stereocenters. The standard InChI is InChI=1S/C19H22FN7/c1-27-12-14(18(26-27)13-3-2-4-15(20)9-13)10-23-17-6-8-22-19(25-17)24-16-5-7-21-11-16/h2-4,6,8-9,12,16,21H,5,7,10-11H2,1H3,(H2,22,23,24,25). The van der Waals surface area contributed by atoms with Crippen LogP contribution in [0.25, 0.3) is 11.3 Å². The lowest BCUT2D eigenvalue weighted by Gasteiger charge is -2.12. The van der Waals surface area contributed by atoms with E-state index in [9.17, 15) is 4.39 Å². The average molecular weight is 367 g/mol. The van der Waals surface area contributed by atoms with E-state index in [4.69, 9.17) is 0 Å². The maximum atomic E-state index is 13.6. The van der Waals surface area contributed by atoms with Crippen molar-refractivity contribution in [2.75, 3.05) is 23.7 Å². The fraction of sp³-hybridized carbons (Fsp3) is 0.316. The van der Waals surface area contributed by atoms with Crippen LogP contribution in [0.5, 0.6) is 0 Å². The lowest BCUT2D eigenvalue weighted by atomic mass is 10.1. The highest BCUT2D eigenvalue weighted by atomic mass is 19.1. The second-order valence-electron chi connectivity index (χ2n) is 6.64. The number of anilines is 2.